The largest absolute Gasteiger partial charge is 0.416 e. The lowest BCUT2D eigenvalue weighted by atomic mass is 10.1. The van der Waals surface area contributed by atoms with Crippen molar-refractivity contribution in [3.05, 3.63) is 77.6 Å². The van der Waals surface area contributed by atoms with Crippen LogP contribution in [0.5, 0.6) is 0 Å². The van der Waals surface area contributed by atoms with Gasteiger partial charge in [-0.1, -0.05) is 18.2 Å². The Morgan fingerprint density at radius 3 is 2.43 bits per heavy atom. The zero-order chi connectivity index (χ0) is 25.0. The third kappa shape index (κ3) is 4.63. The maximum absolute atomic E-state index is 13.1. The summed E-state index contributed by atoms with van der Waals surface area (Å²) in [6, 6.07) is 12.4. The second-order valence-electron chi connectivity index (χ2n) is 8.46. The van der Waals surface area contributed by atoms with Crippen LogP contribution in [0, 0.1) is 0 Å². The van der Waals surface area contributed by atoms with Gasteiger partial charge in [-0.05, 0) is 49.2 Å². The van der Waals surface area contributed by atoms with E-state index in [1.54, 1.807) is 16.6 Å². The summed E-state index contributed by atoms with van der Waals surface area (Å²) >= 11 is 0. The van der Waals surface area contributed by atoms with Crippen molar-refractivity contribution in [2.45, 2.75) is 29.8 Å². The van der Waals surface area contributed by atoms with Gasteiger partial charge in [-0.25, -0.2) is 17.9 Å². The molecule has 2 aromatic heterocycles. The third-order valence-corrected chi connectivity index (χ3v) is 6.88. The Labute approximate surface area is 198 Å². The summed E-state index contributed by atoms with van der Waals surface area (Å²) in [5.74, 6) is -0.319. The van der Waals surface area contributed by atoms with E-state index in [1.807, 2.05) is 0 Å². The first-order valence-corrected chi connectivity index (χ1v) is 12.6. The van der Waals surface area contributed by atoms with E-state index >= 15 is 0 Å². The minimum Gasteiger partial charge on any atom is -0.322 e. The molecule has 1 amide bonds. The number of halogens is 3. The van der Waals surface area contributed by atoms with Crippen LogP contribution < -0.4 is 5.32 Å². The molecule has 0 bridgehead atoms. The van der Waals surface area contributed by atoms with Crippen LogP contribution in [0.15, 0.2) is 65.7 Å². The van der Waals surface area contributed by atoms with E-state index in [9.17, 15) is 26.4 Å². The number of anilines is 1. The lowest BCUT2D eigenvalue weighted by Crippen LogP contribution is -2.13. The van der Waals surface area contributed by atoms with Gasteiger partial charge < -0.3 is 5.32 Å². The molecule has 0 unspecified atom stereocenters. The number of hydrogen-bond acceptors (Lipinski definition) is 5. The summed E-state index contributed by atoms with van der Waals surface area (Å²) < 4.78 is 64.2. The standard InChI is InChI=1S/C24H19F3N4O3S/c1-35(33,34)18-4-2-3-17(11-18)29-23(32)19-13-28-31-21(15-5-6-15)12-20(30-22(19)31)14-7-9-16(10-8-14)24(25,26)27/h2-4,7-13,15H,5-6H2,1H3,(H,29,32). The fraction of sp³-hybridized carbons (Fsp3) is 0.208. The average molecular weight is 501 g/mol. The van der Waals surface area contributed by atoms with Gasteiger partial charge in [0.2, 0.25) is 0 Å². The molecule has 2 heterocycles. The number of alkyl halides is 3. The van der Waals surface area contributed by atoms with Crippen LogP contribution in [0.4, 0.5) is 18.9 Å². The van der Waals surface area contributed by atoms with Gasteiger partial charge in [-0.2, -0.15) is 18.3 Å². The van der Waals surface area contributed by atoms with Crippen molar-refractivity contribution < 1.29 is 26.4 Å². The molecule has 0 atom stereocenters. The van der Waals surface area contributed by atoms with E-state index in [4.69, 9.17) is 0 Å². The molecule has 180 valence electrons. The molecule has 0 aliphatic heterocycles. The molecule has 1 aliphatic rings. The van der Waals surface area contributed by atoms with E-state index in [1.165, 1.54) is 36.5 Å². The monoisotopic (exact) mass is 500 g/mol. The zero-order valence-corrected chi connectivity index (χ0v) is 19.2. The second-order valence-corrected chi connectivity index (χ2v) is 10.5. The SMILES string of the molecule is CS(=O)(=O)c1cccc(NC(=O)c2cnn3c(C4CC4)cc(-c4ccc(C(F)(F)F)cc4)nc23)c1. The number of sulfone groups is 1. The van der Waals surface area contributed by atoms with Crippen LogP contribution in [0.25, 0.3) is 16.9 Å². The molecule has 7 nitrogen and oxygen atoms in total. The normalized spacial score (nSPS) is 14.3. The molecule has 0 saturated heterocycles. The molecule has 4 aromatic rings. The zero-order valence-electron chi connectivity index (χ0n) is 18.4. The number of nitrogens with one attached hydrogen (secondary N) is 1. The number of benzene rings is 2. The van der Waals surface area contributed by atoms with Gasteiger partial charge in [-0.3, -0.25) is 4.79 Å². The van der Waals surface area contributed by atoms with Gasteiger partial charge in [0.05, 0.1) is 22.3 Å². The highest BCUT2D eigenvalue weighted by atomic mass is 32.2. The third-order valence-electron chi connectivity index (χ3n) is 5.77. The average Bonchev–Trinajstić information content (AvgIpc) is 3.56. The number of hydrogen-bond donors (Lipinski definition) is 1. The van der Waals surface area contributed by atoms with Gasteiger partial charge >= 0.3 is 6.18 Å². The van der Waals surface area contributed by atoms with Gasteiger partial charge in [0.1, 0.15) is 5.56 Å². The molecular formula is C24H19F3N4O3S. The predicted octanol–water partition coefficient (Wildman–Crippen LogP) is 4.95. The quantitative estimate of drug-likeness (QED) is 0.419. The van der Waals surface area contributed by atoms with E-state index in [-0.39, 0.29) is 22.0 Å². The predicted molar refractivity (Wildman–Crippen MR) is 123 cm³/mol. The highest BCUT2D eigenvalue weighted by molar-refractivity contribution is 7.90. The Kier molecular flexibility index (Phi) is 5.39. The number of carbonyl (C=O) groups is 1. The minimum atomic E-state index is -4.44. The molecule has 2 aromatic carbocycles. The highest BCUT2D eigenvalue weighted by Gasteiger charge is 2.31. The number of carbonyl (C=O) groups excluding carboxylic acids is 1. The van der Waals surface area contributed by atoms with Gasteiger partial charge in [0.15, 0.2) is 15.5 Å². The molecule has 5 rings (SSSR count). The van der Waals surface area contributed by atoms with Crippen molar-refractivity contribution in [1.82, 2.24) is 14.6 Å². The van der Waals surface area contributed by atoms with E-state index in [2.05, 4.69) is 15.4 Å². The Balaban J connectivity index is 1.54. The Morgan fingerprint density at radius 1 is 1.09 bits per heavy atom. The summed E-state index contributed by atoms with van der Waals surface area (Å²) in [6.45, 7) is 0. The lowest BCUT2D eigenvalue weighted by Gasteiger charge is -2.10. The summed E-state index contributed by atoms with van der Waals surface area (Å²) in [5, 5.41) is 7.00. The summed E-state index contributed by atoms with van der Waals surface area (Å²) in [7, 11) is -3.46. The van der Waals surface area contributed by atoms with Crippen LogP contribution >= 0.6 is 0 Å². The molecule has 1 aliphatic carbocycles. The van der Waals surface area contributed by atoms with Crippen molar-refractivity contribution in [2.75, 3.05) is 11.6 Å². The minimum absolute atomic E-state index is 0.0638. The molecule has 1 fully saturated rings. The topological polar surface area (TPSA) is 93.4 Å². The smallest absolute Gasteiger partial charge is 0.322 e. The Hall–Kier alpha value is -3.73. The van der Waals surface area contributed by atoms with Gasteiger partial charge in [-0.15, -0.1) is 0 Å². The first-order valence-electron chi connectivity index (χ1n) is 10.7. The number of amides is 1. The first kappa shape index (κ1) is 23.0. The van der Waals surface area contributed by atoms with E-state index in [0.29, 0.717) is 16.9 Å². The summed E-state index contributed by atoms with van der Waals surface area (Å²) in [6.07, 6.45) is -0.123. The van der Waals surface area contributed by atoms with Crippen LogP contribution in [-0.2, 0) is 16.0 Å². The van der Waals surface area contributed by atoms with Crippen LogP contribution in [0.3, 0.4) is 0 Å². The van der Waals surface area contributed by atoms with Crippen LogP contribution in [0.2, 0.25) is 0 Å². The van der Waals surface area contributed by atoms with Crippen LogP contribution in [-0.4, -0.2) is 35.2 Å². The number of rotatable bonds is 5. The van der Waals surface area contributed by atoms with Gasteiger partial charge in [0, 0.05) is 29.1 Å². The van der Waals surface area contributed by atoms with Crippen molar-refractivity contribution in [3.8, 4) is 11.3 Å². The second kappa shape index (κ2) is 8.19. The maximum atomic E-state index is 13.1. The van der Waals surface area contributed by atoms with Crippen molar-refractivity contribution in [3.63, 3.8) is 0 Å². The maximum Gasteiger partial charge on any atom is 0.416 e. The van der Waals surface area contributed by atoms with Gasteiger partial charge in [0.25, 0.3) is 5.91 Å². The Bertz CT molecular complexity index is 1560. The molecule has 1 N–H and O–H groups in total. The summed E-state index contributed by atoms with van der Waals surface area (Å²) in [5.41, 5.74) is 1.69. The lowest BCUT2D eigenvalue weighted by molar-refractivity contribution is -0.137. The molecule has 11 heteroatoms. The number of fused-ring (bicyclic) bond motifs is 1. The van der Waals surface area contributed by atoms with E-state index < -0.39 is 27.5 Å². The Morgan fingerprint density at radius 2 is 1.80 bits per heavy atom. The number of aromatic nitrogens is 3. The van der Waals surface area contributed by atoms with Crippen molar-refractivity contribution in [1.29, 1.82) is 0 Å². The molecule has 0 radical (unpaired) electrons. The molecule has 1 saturated carbocycles. The molecule has 0 spiro atoms. The molecular weight excluding hydrogens is 481 g/mol. The van der Waals surface area contributed by atoms with Crippen molar-refractivity contribution in [2.24, 2.45) is 0 Å². The van der Waals surface area contributed by atoms with Crippen LogP contribution in [0.1, 0.15) is 40.4 Å². The fourth-order valence-corrected chi connectivity index (χ4v) is 4.46. The molecule has 35 heavy (non-hydrogen) atoms. The fourth-order valence-electron chi connectivity index (χ4n) is 3.80. The van der Waals surface area contributed by atoms with E-state index in [0.717, 1.165) is 36.9 Å². The number of nitrogens with zero attached hydrogens (tertiary/aromatic N) is 3. The summed E-state index contributed by atoms with van der Waals surface area (Å²) in [4.78, 5) is 17.7. The highest BCUT2D eigenvalue weighted by Crippen LogP contribution is 2.41. The first-order chi connectivity index (χ1) is 16.5. The van der Waals surface area contributed by atoms with Crippen molar-refractivity contribution >= 4 is 27.1 Å².